The Bertz CT molecular complexity index is 1510. The third kappa shape index (κ3) is 5.17. The molecule has 1 heterocycles. The number of benzene rings is 3. The molecule has 0 spiro atoms. The largest absolute Gasteiger partial charge is 0.493 e. The molecule has 1 aliphatic carbocycles. The van der Waals surface area contributed by atoms with E-state index < -0.39 is 11.7 Å². The molecule has 39 heavy (non-hydrogen) atoms. The fourth-order valence-corrected chi connectivity index (χ4v) is 5.54. The molecule has 0 bridgehead atoms. The summed E-state index contributed by atoms with van der Waals surface area (Å²) in [6, 6.07) is 19.3. The summed E-state index contributed by atoms with van der Waals surface area (Å²) < 4.78 is 25.3. The van der Waals surface area contributed by atoms with E-state index in [0.29, 0.717) is 46.0 Å². The average molecular weight is 527 g/mol. The Balaban J connectivity index is 1.54. The minimum absolute atomic E-state index is 0.0778. The van der Waals surface area contributed by atoms with E-state index in [1.807, 2.05) is 56.3 Å². The van der Waals surface area contributed by atoms with Gasteiger partial charge in [0.2, 0.25) is 0 Å². The number of halogens is 1. The van der Waals surface area contributed by atoms with Crippen LogP contribution in [0.15, 0.2) is 89.3 Å². The van der Waals surface area contributed by atoms with Gasteiger partial charge in [0.15, 0.2) is 17.3 Å². The number of ether oxygens (including phenoxy) is 2. The van der Waals surface area contributed by atoms with Crippen molar-refractivity contribution in [3.8, 4) is 11.5 Å². The molecule has 0 radical (unpaired) electrons. The highest BCUT2D eigenvalue weighted by Crippen LogP contribution is 2.46. The van der Waals surface area contributed by atoms with E-state index in [1.54, 1.807) is 26.4 Å². The van der Waals surface area contributed by atoms with E-state index >= 15 is 0 Å². The first kappa shape index (κ1) is 26.2. The van der Waals surface area contributed by atoms with Crippen LogP contribution in [0.4, 0.5) is 10.1 Å². The van der Waals surface area contributed by atoms with Crippen molar-refractivity contribution < 1.29 is 23.5 Å². The van der Waals surface area contributed by atoms with Crippen molar-refractivity contribution in [2.75, 3.05) is 19.5 Å². The first-order chi connectivity index (χ1) is 18.8. The van der Waals surface area contributed by atoms with Crippen LogP contribution >= 0.6 is 0 Å². The lowest BCUT2D eigenvalue weighted by Crippen LogP contribution is -2.37. The molecular formula is C32H31FN2O4. The van der Waals surface area contributed by atoms with Gasteiger partial charge in [-0.25, -0.2) is 4.39 Å². The predicted octanol–water partition coefficient (Wildman–Crippen LogP) is 6.15. The molecule has 7 heteroatoms. The Kier molecular flexibility index (Phi) is 7.24. The quantitative estimate of drug-likeness (QED) is 0.403. The number of Topliss-reactive ketones (excluding diaryl/α,β-unsaturated/α-hetero) is 1. The van der Waals surface area contributed by atoms with Gasteiger partial charge < -0.3 is 20.1 Å². The summed E-state index contributed by atoms with van der Waals surface area (Å²) in [4.78, 5) is 27.5. The number of anilines is 1. The number of methoxy groups -OCH3 is 2. The van der Waals surface area contributed by atoms with Crippen LogP contribution < -0.4 is 20.1 Å². The van der Waals surface area contributed by atoms with Crippen molar-refractivity contribution >= 4 is 17.4 Å². The summed E-state index contributed by atoms with van der Waals surface area (Å²) in [5.41, 5.74) is 5.54. The van der Waals surface area contributed by atoms with Crippen LogP contribution in [0.25, 0.3) is 0 Å². The molecule has 1 amide bonds. The smallest absolute Gasteiger partial charge is 0.254 e. The van der Waals surface area contributed by atoms with Crippen LogP contribution in [0.1, 0.15) is 48.3 Å². The van der Waals surface area contributed by atoms with Crippen molar-refractivity contribution in [3.05, 3.63) is 112 Å². The maximum Gasteiger partial charge on any atom is 0.254 e. The third-order valence-corrected chi connectivity index (χ3v) is 7.44. The maximum absolute atomic E-state index is 14.4. The zero-order valence-corrected chi connectivity index (χ0v) is 22.4. The van der Waals surface area contributed by atoms with Gasteiger partial charge in [0, 0.05) is 40.6 Å². The number of amides is 1. The molecule has 5 rings (SSSR count). The number of ketones is 1. The van der Waals surface area contributed by atoms with Crippen LogP contribution in [0.3, 0.4) is 0 Å². The molecule has 0 fully saturated rings. The van der Waals surface area contributed by atoms with Crippen molar-refractivity contribution in [1.29, 1.82) is 0 Å². The van der Waals surface area contributed by atoms with E-state index in [4.69, 9.17) is 9.47 Å². The van der Waals surface area contributed by atoms with Crippen LogP contribution in [0.2, 0.25) is 0 Å². The zero-order valence-electron chi connectivity index (χ0n) is 22.4. The van der Waals surface area contributed by atoms with Crippen LogP contribution in [0.5, 0.6) is 11.5 Å². The summed E-state index contributed by atoms with van der Waals surface area (Å²) >= 11 is 0. The average Bonchev–Trinajstić information content (AvgIpc) is 2.92. The number of aryl methyl sites for hydroxylation is 1. The van der Waals surface area contributed by atoms with Gasteiger partial charge in [-0.1, -0.05) is 35.9 Å². The minimum atomic E-state index is -0.693. The second kappa shape index (κ2) is 10.8. The SMILES string of the molecule is COc1ccc([C@@H]2CC(=O)C3=C(C2)NC(C)=C(C(=O)Nc2ccc(C)cc2)[C@@H]3c2cccc(F)c2)cc1OC. The number of nitrogens with one attached hydrogen (secondary N) is 2. The molecule has 3 aromatic carbocycles. The fourth-order valence-electron chi connectivity index (χ4n) is 5.54. The number of carbonyl (C=O) groups excluding carboxylic acids is 2. The second-order valence-electron chi connectivity index (χ2n) is 10.0. The third-order valence-electron chi connectivity index (χ3n) is 7.44. The maximum atomic E-state index is 14.4. The van der Waals surface area contributed by atoms with Crippen molar-refractivity contribution in [3.63, 3.8) is 0 Å². The molecular weight excluding hydrogens is 495 g/mol. The Morgan fingerprint density at radius 3 is 2.36 bits per heavy atom. The van der Waals surface area contributed by atoms with Gasteiger partial charge in [0.1, 0.15) is 5.82 Å². The van der Waals surface area contributed by atoms with Gasteiger partial charge in [-0.2, -0.15) is 0 Å². The van der Waals surface area contributed by atoms with Crippen molar-refractivity contribution in [2.45, 2.75) is 38.5 Å². The standard InChI is InChI=1S/C32H31FN2O4/c1-18-8-11-24(12-9-18)35-32(37)29-19(2)34-25-15-22(20-10-13-27(38-3)28(17-20)39-4)16-26(36)31(25)30(29)21-6-5-7-23(33)14-21/h5-14,17,22,30,34H,15-16H2,1-4H3,(H,35,37)/t22-,30-/m0/s1. The Morgan fingerprint density at radius 2 is 1.67 bits per heavy atom. The molecule has 1 aliphatic heterocycles. The monoisotopic (exact) mass is 526 g/mol. The molecule has 2 N–H and O–H groups in total. The molecule has 0 saturated heterocycles. The summed E-state index contributed by atoms with van der Waals surface area (Å²) in [5, 5.41) is 6.33. The molecule has 2 atom stereocenters. The lowest BCUT2D eigenvalue weighted by Gasteiger charge is -2.37. The summed E-state index contributed by atoms with van der Waals surface area (Å²) in [5.74, 6) is -0.398. The van der Waals surface area contributed by atoms with Gasteiger partial charge in [-0.15, -0.1) is 0 Å². The van der Waals surface area contributed by atoms with Gasteiger partial charge >= 0.3 is 0 Å². The highest BCUT2D eigenvalue weighted by atomic mass is 19.1. The van der Waals surface area contributed by atoms with E-state index in [0.717, 1.165) is 16.8 Å². The van der Waals surface area contributed by atoms with E-state index in [1.165, 1.54) is 12.1 Å². The highest BCUT2D eigenvalue weighted by molar-refractivity contribution is 6.10. The molecule has 0 saturated carbocycles. The number of carbonyl (C=O) groups is 2. The number of hydrogen-bond acceptors (Lipinski definition) is 5. The molecule has 2 aliphatic rings. The van der Waals surface area contributed by atoms with Crippen molar-refractivity contribution in [1.82, 2.24) is 5.32 Å². The summed E-state index contributed by atoms with van der Waals surface area (Å²) in [6.45, 7) is 3.80. The van der Waals surface area contributed by atoms with Crippen LogP contribution in [0, 0.1) is 12.7 Å². The fraction of sp³-hybridized carbons (Fsp3) is 0.250. The zero-order chi connectivity index (χ0) is 27.7. The van der Waals surface area contributed by atoms with Gasteiger partial charge in [0.05, 0.1) is 14.2 Å². The van der Waals surface area contributed by atoms with E-state index in [-0.39, 0.29) is 24.0 Å². The topological polar surface area (TPSA) is 76.7 Å². The lowest BCUT2D eigenvalue weighted by atomic mass is 9.71. The Labute approximate surface area is 227 Å². The first-order valence-electron chi connectivity index (χ1n) is 12.9. The van der Waals surface area contributed by atoms with E-state index in [2.05, 4.69) is 10.6 Å². The molecule has 0 unspecified atom stereocenters. The van der Waals surface area contributed by atoms with Gasteiger partial charge in [0.25, 0.3) is 5.91 Å². The number of rotatable bonds is 6. The van der Waals surface area contributed by atoms with Crippen molar-refractivity contribution in [2.24, 2.45) is 0 Å². The summed E-state index contributed by atoms with van der Waals surface area (Å²) in [6.07, 6.45) is 0.820. The normalized spacial score (nSPS) is 18.8. The molecule has 200 valence electrons. The second-order valence-corrected chi connectivity index (χ2v) is 10.0. The van der Waals surface area contributed by atoms with Crippen LogP contribution in [-0.4, -0.2) is 25.9 Å². The Morgan fingerprint density at radius 1 is 0.923 bits per heavy atom. The van der Waals surface area contributed by atoms with E-state index in [9.17, 15) is 14.0 Å². The Hall–Kier alpha value is -4.39. The van der Waals surface area contributed by atoms with Gasteiger partial charge in [-0.3, -0.25) is 9.59 Å². The minimum Gasteiger partial charge on any atom is -0.493 e. The molecule has 3 aromatic rings. The number of allylic oxidation sites excluding steroid dienone is 3. The first-order valence-corrected chi connectivity index (χ1v) is 12.9. The van der Waals surface area contributed by atoms with Gasteiger partial charge in [-0.05, 0) is 73.7 Å². The molecule has 0 aromatic heterocycles. The predicted molar refractivity (Wildman–Crippen MR) is 148 cm³/mol. The van der Waals surface area contributed by atoms with Crippen LogP contribution in [-0.2, 0) is 9.59 Å². The number of hydrogen-bond donors (Lipinski definition) is 2. The number of dihydropyridines is 1. The summed E-state index contributed by atoms with van der Waals surface area (Å²) in [7, 11) is 3.16. The lowest BCUT2D eigenvalue weighted by molar-refractivity contribution is -0.116. The molecule has 6 nitrogen and oxygen atoms in total. The highest BCUT2D eigenvalue weighted by Gasteiger charge is 2.41.